The molecule has 2 aromatic rings. The molecule has 1 aromatic heterocycles. The van der Waals surface area contributed by atoms with Gasteiger partial charge in [-0.1, -0.05) is 0 Å². The van der Waals surface area contributed by atoms with Crippen LogP contribution in [0, 0.1) is 17.0 Å². The smallest absolute Gasteiger partial charge is 0.273 e. The molecule has 0 bridgehead atoms. The van der Waals surface area contributed by atoms with Crippen molar-refractivity contribution in [3.8, 4) is 5.75 Å². The molecule has 7 heteroatoms. The zero-order chi connectivity index (χ0) is 13.8. The predicted octanol–water partition coefficient (Wildman–Crippen LogP) is 2.94. The van der Waals surface area contributed by atoms with Crippen molar-refractivity contribution in [3.05, 3.63) is 50.7 Å². The van der Waals surface area contributed by atoms with Gasteiger partial charge in [0.2, 0.25) is 0 Å². The van der Waals surface area contributed by atoms with Gasteiger partial charge >= 0.3 is 0 Å². The van der Waals surface area contributed by atoms with Crippen molar-refractivity contribution in [2.24, 2.45) is 0 Å². The third-order valence-corrected chi connectivity index (χ3v) is 3.12. The monoisotopic (exact) mass is 325 g/mol. The van der Waals surface area contributed by atoms with Crippen LogP contribution in [0.4, 0.5) is 5.69 Å². The molecule has 19 heavy (non-hydrogen) atoms. The summed E-state index contributed by atoms with van der Waals surface area (Å²) >= 11 is 3.30. The Balaban J connectivity index is 1.99. The number of nitro benzene ring substituents is 1. The number of ether oxygens (including phenoxy) is 1. The highest BCUT2D eigenvalue weighted by atomic mass is 79.9. The van der Waals surface area contributed by atoms with Gasteiger partial charge in [-0.15, -0.1) is 0 Å². The van der Waals surface area contributed by atoms with Gasteiger partial charge in [-0.05, 0) is 34.5 Å². The normalized spacial score (nSPS) is 10.4. The Labute approximate surface area is 118 Å². The summed E-state index contributed by atoms with van der Waals surface area (Å²) in [5, 5.41) is 14.8. The topological polar surface area (TPSA) is 70.2 Å². The van der Waals surface area contributed by atoms with E-state index in [9.17, 15) is 10.1 Å². The molecule has 0 aliphatic rings. The molecule has 0 spiro atoms. The van der Waals surface area contributed by atoms with Crippen LogP contribution in [-0.4, -0.2) is 21.3 Å². The average molecular weight is 326 g/mol. The lowest BCUT2D eigenvalue weighted by Gasteiger charge is -2.08. The van der Waals surface area contributed by atoms with Crippen LogP contribution in [0.25, 0.3) is 0 Å². The van der Waals surface area contributed by atoms with E-state index in [1.807, 2.05) is 13.1 Å². The molecule has 1 heterocycles. The second-order valence-electron chi connectivity index (χ2n) is 4.00. The molecule has 6 nitrogen and oxygen atoms in total. The highest BCUT2D eigenvalue weighted by Gasteiger charge is 2.10. The minimum atomic E-state index is -0.448. The molecule has 1 aromatic carbocycles. The van der Waals surface area contributed by atoms with Crippen LogP contribution in [0.3, 0.4) is 0 Å². The van der Waals surface area contributed by atoms with E-state index in [0.29, 0.717) is 23.4 Å². The number of halogens is 1. The lowest BCUT2D eigenvalue weighted by molar-refractivity contribution is -0.385. The Morgan fingerprint density at radius 1 is 1.53 bits per heavy atom. The standard InChI is InChI=1S/C12H12BrN3O3/c1-9-7-14-15(8-9)4-5-19-12-6-10(16(17)18)2-3-11(12)13/h2-3,6-8H,4-5H2,1H3. The van der Waals surface area contributed by atoms with Crippen LogP contribution in [0.5, 0.6) is 5.75 Å². The van der Waals surface area contributed by atoms with Crippen molar-refractivity contribution in [3.63, 3.8) is 0 Å². The van der Waals surface area contributed by atoms with Crippen molar-refractivity contribution in [1.82, 2.24) is 9.78 Å². The van der Waals surface area contributed by atoms with Crippen molar-refractivity contribution < 1.29 is 9.66 Å². The summed E-state index contributed by atoms with van der Waals surface area (Å²) in [7, 11) is 0. The van der Waals surface area contributed by atoms with Crippen molar-refractivity contribution in [2.45, 2.75) is 13.5 Å². The number of aromatic nitrogens is 2. The van der Waals surface area contributed by atoms with Crippen molar-refractivity contribution >= 4 is 21.6 Å². The van der Waals surface area contributed by atoms with Crippen LogP contribution in [-0.2, 0) is 6.54 Å². The van der Waals surface area contributed by atoms with Gasteiger partial charge in [-0.3, -0.25) is 14.8 Å². The minimum Gasteiger partial charge on any atom is -0.490 e. The summed E-state index contributed by atoms with van der Waals surface area (Å²) in [6, 6.07) is 4.43. The van der Waals surface area contributed by atoms with Crippen LogP contribution < -0.4 is 4.74 Å². The number of hydrogen-bond donors (Lipinski definition) is 0. The fourth-order valence-electron chi connectivity index (χ4n) is 1.55. The van der Waals surface area contributed by atoms with Gasteiger partial charge in [-0.25, -0.2) is 0 Å². The number of nitro groups is 1. The maximum Gasteiger partial charge on any atom is 0.273 e. The number of rotatable bonds is 5. The van der Waals surface area contributed by atoms with E-state index >= 15 is 0 Å². The fourth-order valence-corrected chi connectivity index (χ4v) is 1.92. The summed E-state index contributed by atoms with van der Waals surface area (Å²) < 4.78 is 7.98. The first-order valence-electron chi connectivity index (χ1n) is 5.62. The Kier molecular flexibility index (Phi) is 4.16. The maximum absolute atomic E-state index is 10.7. The van der Waals surface area contributed by atoms with Crippen LogP contribution >= 0.6 is 15.9 Å². The van der Waals surface area contributed by atoms with E-state index in [0.717, 1.165) is 5.56 Å². The molecule has 100 valence electrons. The molecule has 0 saturated heterocycles. The van der Waals surface area contributed by atoms with Gasteiger partial charge in [0.15, 0.2) is 0 Å². The molecule has 2 rings (SSSR count). The van der Waals surface area contributed by atoms with Crippen molar-refractivity contribution in [1.29, 1.82) is 0 Å². The summed E-state index contributed by atoms with van der Waals surface area (Å²) in [4.78, 5) is 10.2. The highest BCUT2D eigenvalue weighted by molar-refractivity contribution is 9.10. The molecular weight excluding hydrogens is 314 g/mol. The van der Waals surface area contributed by atoms with Crippen LogP contribution in [0.15, 0.2) is 35.1 Å². The second kappa shape index (κ2) is 5.83. The zero-order valence-electron chi connectivity index (χ0n) is 10.2. The van der Waals surface area contributed by atoms with Gasteiger partial charge in [0.1, 0.15) is 12.4 Å². The molecule has 0 aliphatic carbocycles. The van der Waals surface area contributed by atoms with E-state index < -0.39 is 4.92 Å². The predicted molar refractivity (Wildman–Crippen MR) is 73.3 cm³/mol. The number of benzene rings is 1. The fraction of sp³-hybridized carbons (Fsp3) is 0.250. The van der Waals surface area contributed by atoms with E-state index in [1.54, 1.807) is 16.9 Å². The van der Waals surface area contributed by atoms with E-state index in [-0.39, 0.29) is 5.69 Å². The largest absolute Gasteiger partial charge is 0.490 e. The SMILES string of the molecule is Cc1cnn(CCOc2cc([N+](=O)[O-])ccc2Br)c1. The van der Waals surface area contributed by atoms with E-state index in [4.69, 9.17) is 4.74 Å². The Bertz CT molecular complexity index is 598. The van der Waals surface area contributed by atoms with E-state index in [2.05, 4.69) is 21.0 Å². The van der Waals surface area contributed by atoms with Gasteiger partial charge < -0.3 is 4.74 Å². The first kappa shape index (κ1) is 13.5. The summed E-state index contributed by atoms with van der Waals surface area (Å²) in [6.07, 6.45) is 3.68. The van der Waals surface area contributed by atoms with Gasteiger partial charge in [0.25, 0.3) is 5.69 Å². The molecule has 0 atom stereocenters. The second-order valence-corrected chi connectivity index (χ2v) is 4.86. The number of non-ortho nitro benzene ring substituents is 1. The quantitative estimate of drug-likeness (QED) is 0.626. The van der Waals surface area contributed by atoms with Gasteiger partial charge in [0, 0.05) is 12.3 Å². The Hall–Kier alpha value is -1.89. The summed E-state index contributed by atoms with van der Waals surface area (Å²) in [5.41, 5.74) is 1.09. The number of aryl methyl sites for hydroxylation is 1. The first-order valence-corrected chi connectivity index (χ1v) is 6.41. The van der Waals surface area contributed by atoms with Crippen LogP contribution in [0.1, 0.15) is 5.56 Å². The molecular formula is C12H12BrN3O3. The maximum atomic E-state index is 10.7. The first-order chi connectivity index (χ1) is 9.06. The van der Waals surface area contributed by atoms with Crippen molar-refractivity contribution in [2.75, 3.05) is 6.61 Å². The lowest BCUT2D eigenvalue weighted by Crippen LogP contribution is -2.08. The zero-order valence-corrected chi connectivity index (χ0v) is 11.8. The molecule has 0 aliphatic heterocycles. The molecule has 0 radical (unpaired) electrons. The third kappa shape index (κ3) is 3.54. The Morgan fingerprint density at radius 2 is 2.32 bits per heavy atom. The Morgan fingerprint density at radius 3 is 2.95 bits per heavy atom. The molecule has 0 fully saturated rings. The average Bonchev–Trinajstić information content (AvgIpc) is 2.77. The highest BCUT2D eigenvalue weighted by Crippen LogP contribution is 2.29. The van der Waals surface area contributed by atoms with Crippen LogP contribution in [0.2, 0.25) is 0 Å². The molecule has 0 unspecified atom stereocenters. The molecule has 0 N–H and O–H groups in total. The number of nitrogens with zero attached hydrogens (tertiary/aromatic N) is 3. The number of hydrogen-bond acceptors (Lipinski definition) is 4. The third-order valence-electron chi connectivity index (χ3n) is 2.47. The molecule has 0 saturated carbocycles. The van der Waals surface area contributed by atoms with Gasteiger partial charge in [-0.2, -0.15) is 5.10 Å². The lowest BCUT2D eigenvalue weighted by atomic mass is 10.3. The minimum absolute atomic E-state index is 0.00753. The summed E-state index contributed by atoms with van der Waals surface area (Å²) in [5.74, 6) is 0.457. The van der Waals surface area contributed by atoms with E-state index in [1.165, 1.54) is 12.1 Å². The summed E-state index contributed by atoms with van der Waals surface area (Å²) in [6.45, 7) is 2.94. The molecule has 0 amide bonds. The van der Waals surface area contributed by atoms with Gasteiger partial charge in [0.05, 0.1) is 28.2 Å².